The third kappa shape index (κ3) is 3.44. The summed E-state index contributed by atoms with van der Waals surface area (Å²) in [6, 6.07) is 13.3. The largest absolute Gasteiger partial charge is 0.496 e. The van der Waals surface area contributed by atoms with Crippen LogP contribution in [0.1, 0.15) is 36.7 Å². The molecule has 0 aliphatic carbocycles. The quantitative estimate of drug-likeness (QED) is 0.726. The van der Waals surface area contributed by atoms with Crippen LogP contribution in [0, 0.1) is 0 Å². The number of thioether (sulfide) groups is 1. The number of methoxy groups -OCH3 is 1. The lowest BCUT2D eigenvalue weighted by Gasteiger charge is -2.34. The highest BCUT2D eigenvalue weighted by Crippen LogP contribution is 2.50. The lowest BCUT2D eigenvalue weighted by atomic mass is 9.94. The molecule has 2 fully saturated rings. The van der Waals surface area contributed by atoms with Crippen LogP contribution in [0.3, 0.4) is 0 Å². The summed E-state index contributed by atoms with van der Waals surface area (Å²) >= 11 is 1.87. The molecule has 1 aromatic carbocycles. The number of hydrogen-bond acceptors (Lipinski definition) is 7. The van der Waals surface area contributed by atoms with Gasteiger partial charge in [-0.2, -0.15) is 0 Å². The molecule has 2 saturated heterocycles. The highest BCUT2D eigenvalue weighted by Gasteiger charge is 2.46. The van der Waals surface area contributed by atoms with Gasteiger partial charge in [-0.25, -0.2) is 0 Å². The van der Waals surface area contributed by atoms with Gasteiger partial charge in [0.1, 0.15) is 11.8 Å². The fourth-order valence-electron chi connectivity index (χ4n) is 4.65. The van der Waals surface area contributed by atoms with Crippen molar-refractivity contribution >= 4 is 22.6 Å². The summed E-state index contributed by atoms with van der Waals surface area (Å²) in [7, 11) is 1.77. The SMILES string of the molecule is CC[C@@H]1CSC2=N[C@H](c3ccccn3)[C@H](c3ccc(N4CCOCC4)cc3OC)N21. The van der Waals surface area contributed by atoms with Crippen molar-refractivity contribution in [2.45, 2.75) is 31.5 Å². The van der Waals surface area contributed by atoms with Crippen LogP contribution in [-0.4, -0.2) is 60.3 Å². The van der Waals surface area contributed by atoms with E-state index in [0.29, 0.717) is 6.04 Å². The maximum absolute atomic E-state index is 5.93. The van der Waals surface area contributed by atoms with Gasteiger partial charge in [0.05, 0.1) is 32.1 Å². The lowest BCUT2D eigenvalue weighted by Crippen LogP contribution is -2.36. The monoisotopic (exact) mass is 424 g/mol. The van der Waals surface area contributed by atoms with Crippen molar-refractivity contribution in [2.24, 2.45) is 4.99 Å². The standard InChI is InChI=1S/C23H28N4O2S/c1-3-16-15-30-23-25-21(19-6-4-5-9-24-19)22(27(16)23)18-8-7-17(14-20(18)28-2)26-10-12-29-13-11-26/h4-9,14,16,21-22H,3,10-13,15H2,1-2H3/t16-,21-,22+/m1/s1. The van der Waals surface area contributed by atoms with Crippen LogP contribution < -0.4 is 9.64 Å². The summed E-state index contributed by atoms with van der Waals surface area (Å²) in [5.41, 5.74) is 3.39. The molecule has 2 aromatic rings. The molecule has 0 bridgehead atoms. The molecule has 4 heterocycles. The van der Waals surface area contributed by atoms with Crippen molar-refractivity contribution in [3.05, 3.63) is 53.9 Å². The molecule has 3 aliphatic heterocycles. The number of anilines is 1. The van der Waals surface area contributed by atoms with Gasteiger partial charge in [0.25, 0.3) is 0 Å². The molecule has 30 heavy (non-hydrogen) atoms. The number of benzene rings is 1. The number of ether oxygens (including phenoxy) is 2. The number of fused-ring (bicyclic) bond motifs is 1. The minimum atomic E-state index is -0.0220. The Bertz CT molecular complexity index is 917. The summed E-state index contributed by atoms with van der Waals surface area (Å²) in [6.07, 6.45) is 2.96. The highest BCUT2D eigenvalue weighted by atomic mass is 32.2. The van der Waals surface area contributed by atoms with Crippen molar-refractivity contribution in [1.29, 1.82) is 0 Å². The van der Waals surface area contributed by atoms with Crippen LogP contribution in [0.5, 0.6) is 5.75 Å². The molecule has 0 radical (unpaired) electrons. The molecular weight excluding hydrogens is 396 g/mol. The number of aliphatic imine (C=N–C) groups is 1. The van der Waals surface area contributed by atoms with E-state index in [1.807, 2.05) is 30.1 Å². The Morgan fingerprint density at radius 1 is 1.20 bits per heavy atom. The molecule has 0 unspecified atom stereocenters. The molecule has 0 saturated carbocycles. The van der Waals surface area contributed by atoms with E-state index in [-0.39, 0.29) is 12.1 Å². The van der Waals surface area contributed by atoms with E-state index >= 15 is 0 Å². The predicted molar refractivity (Wildman–Crippen MR) is 122 cm³/mol. The first-order valence-electron chi connectivity index (χ1n) is 10.7. The van der Waals surface area contributed by atoms with Gasteiger partial charge in [-0.3, -0.25) is 9.98 Å². The van der Waals surface area contributed by atoms with Gasteiger partial charge in [-0.1, -0.05) is 30.8 Å². The number of hydrogen-bond donors (Lipinski definition) is 0. The third-order valence-electron chi connectivity index (χ3n) is 6.24. The van der Waals surface area contributed by atoms with Crippen molar-refractivity contribution in [3.8, 4) is 5.75 Å². The average Bonchev–Trinajstić information content (AvgIpc) is 3.39. The van der Waals surface area contributed by atoms with E-state index in [4.69, 9.17) is 14.5 Å². The number of nitrogens with zero attached hydrogens (tertiary/aromatic N) is 4. The second kappa shape index (κ2) is 8.47. The van der Waals surface area contributed by atoms with Crippen LogP contribution >= 0.6 is 11.8 Å². The number of amidine groups is 1. The van der Waals surface area contributed by atoms with E-state index < -0.39 is 0 Å². The van der Waals surface area contributed by atoms with Crippen LogP contribution in [-0.2, 0) is 4.74 Å². The van der Waals surface area contributed by atoms with E-state index in [1.165, 1.54) is 11.3 Å². The maximum atomic E-state index is 5.93. The third-order valence-corrected chi connectivity index (χ3v) is 7.37. The first-order chi connectivity index (χ1) is 14.8. The van der Waals surface area contributed by atoms with Crippen molar-refractivity contribution in [1.82, 2.24) is 9.88 Å². The molecule has 6 nitrogen and oxygen atoms in total. The molecule has 0 spiro atoms. The van der Waals surface area contributed by atoms with Gasteiger partial charge in [-0.05, 0) is 24.6 Å². The molecule has 3 atom stereocenters. The highest BCUT2D eigenvalue weighted by molar-refractivity contribution is 8.14. The summed E-state index contributed by atoms with van der Waals surface area (Å²) < 4.78 is 11.4. The minimum absolute atomic E-state index is 0.0220. The zero-order valence-electron chi connectivity index (χ0n) is 17.5. The Labute approximate surface area is 182 Å². The van der Waals surface area contributed by atoms with Crippen LogP contribution in [0.4, 0.5) is 5.69 Å². The lowest BCUT2D eigenvalue weighted by molar-refractivity contribution is 0.122. The summed E-state index contributed by atoms with van der Waals surface area (Å²) in [4.78, 5) is 14.7. The van der Waals surface area contributed by atoms with Gasteiger partial charge < -0.3 is 19.3 Å². The van der Waals surface area contributed by atoms with Crippen LogP contribution in [0.25, 0.3) is 0 Å². The van der Waals surface area contributed by atoms with E-state index in [1.54, 1.807) is 7.11 Å². The normalized spacial score (nSPS) is 25.9. The van der Waals surface area contributed by atoms with E-state index in [2.05, 4.69) is 46.0 Å². The zero-order valence-corrected chi connectivity index (χ0v) is 18.3. The fraction of sp³-hybridized carbons (Fsp3) is 0.478. The number of pyridine rings is 1. The van der Waals surface area contributed by atoms with Gasteiger partial charge in [0, 0.05) is 48.4 Å². The number of morpholine rings is 1. The van der Waals surface area contributed by atoms with E-state index in [9.17, 15) is 0 Å². The van der Waals surface area contributed by atoms with Crippen molar-refractivity contribution < 1.29 is 9.47 Å². The second-order valence-corrected chi connectivity index (χ2v) is 8.85. The minimum Gasteiger partial charge on any atom is -0.496 e. The Morgan fingerprint density at radius 2 is 2.07 bits per heavy atom. The summed E-state index contributed by atoms with van der Waals surface area (Å²) in [6.45, 7) is 5.63. The Hall–Kier alpha value is -2.25. The van der Waals surface area contributed by atoms with Gasteiger partial charge in [0.15, 0.2) is 5.17 Å². The summed E-state index contributed by atoms with van der Waals surface area (Å²) in [5, 5.41) is 1.14. The Morgan fingerprint density at radius 3 is 2.80 bits per heavy atom. The van der Waals surface area contributed by atoms with Gasteiger partial charge >= 0.3 is 0 Å². The van der Waals surface area contributed by atoms with Gasteiger partial charge in [0.2, 0.25) is 0 Å². The maximum Gasteiger partial charge on any atom is 0.160 e. The Kier molecular flexibility index (Phi) is 5.56. The molecule has 158 valence electrons. The first kappa shape index (κ1) is 19.7. The average molecular weight is 425 g/mol. The number of rotatable bonds is 5. The smallest absolute Gasteiger partial charge is 0.160 e. The van der Waals surface area contributed by atoms with Crippen molar-refractivity contribution in [2.75, 3.05) is 44.1 Å². The first-order valence-corrected chi connectivity index (χ1v) is 11.7. The Balaban J connectivity index is 1.55. The van der Waals surface area contributed by atoms with Gasteiger partial charge in [-0.15, -0.1) is 0 Å². The molecule has 7 heteroatoms. The van der Waals surface area contributed by atoms with E-state index in [0.717, 1.165) is 55.1 Å². The fourth-order valence-corrected chi connectivity index (χ4v) is 5.99. The number of aromatic nitrogens is 1. The molecule has 5 rings (SSSR count). The molecule has 0 N–H and O–H groups in total. The zero-order chi connectivity index (χ0) is 20.5. The molecular formula is C23H28N4O2S. The van der Waals surface area contributed by atoms with Crippen LogP contribution in [0.15, 0.2) is 47.6 Å². The molecule has 1 aromatic heterocycles. The predicted octanol–water partition coefficient (Wildman–Crippen LogP) is 3.91. The summed E-state index contributed by atoms with van der Waals surface area (Å²) in [5.74, 6) is 2.02. The van der Waals surface area contributed by atoms with Crippen LogP contribution in [0.2, 0.25) is 0 Å². The second-order valence-electron chi connectivity index (χ2n) is 7.86. The topological polar surface area (TPSA) is 50.2 Å². The molecule has 0 amide bonds. The van der Waals surface area contributed by atoms with Crippen molar-refractivity contribution in [3.63, 3.8) is 0 Å². The molecule has 3 aliphatic rings.